The maximum atomic E-state index is 13.1. The number of nitrogens with zero attached hydrogens (tertiary/aromatic N) is 2. The van der Waals surface area contributed by atoms with Crippen molar-refractivity contribution in [2.75, 3.05) is 7.11 Å². The Morgan fingerprint density at radius 2 is 1.93 bits per heavy atom. The fraction of sp³-hybridized carbons (Fsp3) is 0.227. The standard InChI is InChI=1S/C22H20BrN3O3S/c1-13-4-6-14(7-5-13)22(2)20(27)26(21(28)25-22)11-16-12-30-19(24-16)17-10-15(23)8-9-18(17)29-3/h4-10,12H,11H2,1-3H3,(H,25,28). The molecule has 3 amide bonds. The lowest BCUT2D eigenvalue weighted by atomic mass is 9.91. The Kier molecular flexibility index (Phi) is 5.38. The molecule has 0 spiro atoms. The van der Waals surface area contributed by atoms with Crippen molar-refractivity contribution in [3.05, 3.63) is 69.1 Å². The van der Waals surface area contributed by atoms with E-state index in [0.717, 1.165) is 26.2 Å². The number of urea groups is 1. The predicted molar refractivity (Wildman–Crippen MR) is 119 cm³/mol. The summed E-state index contributed by atoms with van der Waals surface area (Å²) < 4.78 is 6.35. The van der Waals surface area contributed by atoms with Crippen LogP contribution in [0.1, 0.15) is 23.7 Å². The number of methoxy groups -OCH3 is 1. The molecule has 3 aromatic rings. The maximum absolute atomic E-state index is 13.1. The molecule has 1 fully saturated rings. The molecule has 2 heterocycles. The molecule has 1 aromatic heterocycles. The molecule has 2 aromatic carbocycles. The fourth-order valence-corrected chi connectivity index (χ4v) is 4.63. The van der Waals surface area contributed by atoms with E-state index in [4.69, 9.17) is 4.74 Å². The van der Waals surface area contributed by atoms with E-state index < -0.39 is 11.6 Å². The molecule has 0 aliphatic carbocycles. The Hall–Kier alpha value is -2.71. The van der Waals surface area contributed by atoms with Crippen molar-refractivity contribution >= 4 is 39.2 Å². The molecule has 4 rings (SSSR count). The van der Waals surface area contributed by atoms with Gasteiger partial charge in [0.1, 0.15) is 16.3 Å². The molecule has 1 N–H and O–H groups in total. The zero-order valence-electron chi connectivity index (χ0n) is 16.7. The molecule has 1 atom stereocenters. The molecule has 8 heteroatoms. The Morgan fingerprint density at radius 1 is 1.20 bits per heavy atom. The average Bonchev–Trinajstić information content (AvgIpc) is 3.27. The first-order valence-electron chi connectivity index (χ1n) is 9.31. The SMILES string of the molecule is COc1ccc(Br)cc1-c1nc(CN2C(=O)NC(C)(c3ccc(C)cc3)C2=O)cs1. The molecular weight excluding hydrogens is 466 g/mol. The molecule has 1 unspecified atom stereocenters. The summed E-state index contributed by atoms with van der Waals surface area (Å²) in [6.07, 6.45) is 0. The van der Waals surface area contributed by atoms with Crippen LogP contribution < -0.4 is 10.1 Å². The first kappa shape index (κ1) is 20.6. The number of carbonyl (C=O) groups is 2. The summed E-state index contributed by atoms with van der Waals surface area (Å²) in [6.45, 7) is 3.82. The molecule has 0 radical (unpaired) electrons. The third kappa shape index (κ3) is 3.61. The van der Waals surface area contributed by atoms with Gasteiger partial charge in [0, 0.05) is 9.85 Å². The van der Waals surface area contributed by atoms with Gasteiger partial charge >= 0.3 is 6.03 Å². The van der Waals surface area contributed by atoms with Crippen molar-refractivity contribution in [1.82, 2.24) is 15.2 Å². The third-order valence-corrected chi connectivity index (χ3v) is 6.59. The van der Waals surface area contributed by atoms with E-state index in [2.05, 4.69) is 26.2 Å². The van der Waals surface area contributed by atoms with E-state index in [9.17, 15) is 9.59 Å². The quantitative estimate of drug-likeness (QED) is 0.523. The summed E-state index contributed by atoms with van der Waals surface area (Å²) in [5, 5.41) is 5.46. The minimum absolute atomic E-state index is 0.110. The number of benzene rings is 2. The molecule has 6 nitrogen and oxygen atoms in total. The first-order chi connectivity index (χ1) is 14.3. The second kappa shape index (κ2) is 7.85. The van der Waals surface area contributed by atoms with Crippen LogP contribution in [0.15, 0.2) is 52.3 Å². The minimum Gasteiger partial charge on any atom is -0.496 e. The lowest BCUT2D eigenvalue weighted by molar-refractivity contribution is -0.131. The summed E-state index contributed by atoms with van der Waals surface area (Å²) in [6, 6.07) is 12.9. The average molecular weight is 486 g/mol. The number of nitrogens with one attached hydrogen (secondary N) is 1. The minimum atomic E-state index is -1.09. The topological polar surface area (TPSA) is 71.5 Å². The first-order valence-corrected chi connectivity index (χ1v) is 11.0. The van der Waals surface area contributed by atoms with Crippen LogP contribution in [-0.2, 0) is 16.9 Å². The molecule has 0 bridgehead atoms. The number of aromatic nitrogens is 1. The van der Waals surface area contributed by atoms with Gasteiger partial charge in [-0.15, -0.1) is 11.3 Å². The summed E-state index contributed by atoms with van der Waals surface area (Å²) >= 11 is 4.91. The molecular formula is C22H20BrN3O3S. The number of hydrogen-bond donors (Lipinski definition) is 1. The van der Waals surface area contributed by atoms with Gasteiger partial charge in [0.15, 0.2) is 0 Å². The van der Waals surface area contributed by atoms with Crippen molar-refractivity contribution in [3.63, 3.8) is 0 Å². The van der Waals surface area contributed by atoms with Crippen LogP contribution in [0, 0.1) is 6.92 Å². The van der Waals surface area contributed by atoms with E-state index >= 15 is 0 Å². The molecule has 30 heavy (non-hydrogen) atoms. The van der Waals surface area contributed by atoms with Crippen LogP contribution in [0.25, 0.3) is 10.6 Å². The van der Waals surface area contributed by atoms with Gasteiger partial charge in [-0.05, 0) is 37.6 Å². The van der Waals surface area contributed by atoms with Crippen molar-refractivity contribution < 1.29 is 14.3 Å². The van der Waals surface area contributed by atoms with Crippen molar-refractivity contribution in [2.24, 2.45) is 0 Å². The van der Waals surface area contributed by atoms with Gasteiger partial charge in [0.2, 0.25) is 0 Å². The largest absolute Gasteiger partial charge is 0.496 e. The summed E-state index contributed by atoms with van der Waals surface area (Å²) in [7, 11) is 1.61. The number of imide groups is 1. The van der Waals surface area contributed by atoms with Crippen molar-refractivity contribution in [3.8, 4) is 16.3 Å². The Bertz CT molecular complexity index is 1130. The van der Waals surface area contributed by atoms with Crippen molar-refractivity contribution in [2.45, 2.75) is 25.9 Å². The zero-order chi connectivity index (χ0) is 21.5. The Labute approximate surface area is 187 Å². The van der Waals surface area contributed by atoms with Gasteiger partial charge in [-0.3, -0.25) is 9.69 Å². The van der Waals surface area contributed by atoms with Crippen LogP contribution in [-0.4, -0.2) is 28.9 Å². The zero-order valence-corrected chi connectivity index (χ0v) is 19.1. The van der Waals surface area contributed by atoms with Gasteiger partial charge in [0.05, 0.1) is 24.9 Å². The van der Waals surface area contributed by atoms with Gasteiger partial charge in [0.25, 0.3) is 5.91 Å². The smallest absolute Gasteiger partial charge is 0.325 e. The molecule has 1 aliphatic rings. The van der Waals surface area contributed by atoms with Gasteiger partial charge in [-0.25, -0.2) is 9.78 Å². The van der Waals surface area contributed by atoms with Crippen LogP contribution >= 0.6 is 27.3 Å². The van der Waals surface area contributed by atoms with Crippen LogP contribution in [0.5, 0.6) is 5.75 Å². The molecule has 1 saturated heterocycles. The third-order valence-electron chi connectivity index (χ3n) is 5.17. The predicted octanol–water partition coefficient (Wildman–Crippen LogP) is 4.86. The van der Waals surface area contributed by atoms with Crippen LogP contribution in [0.2, 0.25) is 0 Å². The van der Waals surface area contributed by atoms with Gasteiger partial charge in [-0.1, -0.05) is 45.8 Å². The lowest BCUT2D eigenvalue weighted by Gasteiger charge is -2.22. The fourth-order valence-electron chi connectivity index (χ4n) is 3.44. The van der Waals surface area contributed by atoms with Crippen molar-refractivity contribution in [1.29, 1.82) is 0 Å². The summed E-state index contributed by atoms with van der Waals surface area (Å²) in [4.78, 5) is 31.6. The summed E-state index contributed by atoms with van der Waals surface area (Å²) in [5.74, 6) is 0.423. The number of hydrogen-bond acceptors (Lipinski definition) is 5. The van der Waals surface area contributed by atoms with E-state index in [0.29, 0.717) is 11.4 Å². The number of carbonyl (C=O) groups excluding carboxylic acids is 2. The van der Waals surface area contributed by atoms with E-state index in [1.54, 1.807) is 14.0 Å². The highest BCUT2D eigenvalue weighted by Gasteiger charge is 2.49. The Morgan fingerprint density at radius 3 is 2.63 bits per heavy atom. The Balaban J connectivity index is 1.58. The lowest BCUT2D eigenvalue weighted by Crippen LogP contribution is -2.40. The molecule has 154 valence electrons. The van der Waals surface area contributed by atoms with Crippen LogP contribution in [0.4, 0.5) is 4.79 Å². The van der Waals surface area contributed by atoms with E-state index in [1.807, 2.05) is 54.8 Å². The highest BCUT2D eigenvalue weighted by atomic mass is 79.9. The number of aryl methyl sites for hydroxylation is 1. The monoisotopic (exact) mass is 485 g/mol. The highest BCUT2D eigenvalue weighted by molar-refractivity contribution is 9.10. The van der Waals surface area contributed by atoms with E-state index in [-0.39, 0.29) is 12.5 Å². The number of ether oxygens (including phenoxy) is 1. The van der Waals surface area contributed by atoms with Crippen LogP contribution in [0.3, 0.4) is 0 Å². The second-order valence-corrected chi connectivity index (χ2v) is 9.07. The second-order valence-electron chi connectivity index (χ2n) is 7.30. The molecule has 0 saturated carbocycles. The number of thiazole rings is 1. The number of rotatable bonds is 5. The van der Waals surface area contributed by atoms with Gasteiger partial charge in [-0.2, -0.15) is 0 Å². The van der Waals surface area contributed by atoms with E-state index in [1.165, 1.54) is 16.2 Å². The summed E-state index contributed by atoms with van der Waals surface area (Å²) in [5.41, 5.74) is 2.26. The maximum Gasteiger partial charge on any atom is 0.325 e. The van der Waals surface area contributed by atoms with Gasteiger partial charge < -0.3 is 10.1 Å². The number of halogens is 1. The number of amides is 3. The molecule has 1 aliphatic heterocycles. The normalized spacial score (nSPS) is 18.6. The highest BCUT2D eigenvalue weighted by Crippen LogP contribution is 2.35.